The molecule has 0 saturated carbocycles. The number of hydrogen-bond acceptors (Lipinski definition) is 4. The van der Waals surface area contributed by atoms with Gasteiger partial charge in [0.1, 0.15) is 13.2 Å². The third-order valence-electron chi connectivity index (χ3n) is 2.73. The second-order valence-corrected chi connectivity index (χ2v) is 3.97. The van der Waals surface area contributed by atoms with Crippen molar-refractivity contribution in [2.75, 3.05) is 19.8 Å². The molecule has 0 fully saturated rings. The Morgan fingerprint density at radius 2 is 2.06 bits per heavy atom. The van der Waals surface area contributed by atoms with E-state index < -0.39 is 5.82 Å². The van der Waals surface area contributed by atoms with Crippen LogP contribution < -0.4 is 15.2 Å². The van der Waals surface area contributed by atoms with Gasteiger partial charge in [-0.1, -0.05) is 0 Å². The Morgan fingerprint density at radius 1 is 1.29 bits per heavy atom. The Balaban J connectivity index is 2.24. The number of halogens is 1. The van der Waals surface area contributed by atoms with Gasteiger partial charge in [0.05, 0.1) is 0 Å². The molecular weight excluding hydrogens is 225 g/mol. The fourth-order valence-electron chi connectivity index (χ4n) is 1.84. The largest absolute Gasteiger partial charge is 0.505 e. The highest BCUT2D eigenvalue weighted by atomic mass is 19.1. The molecular formula is C12H16FNO3. The summed E-state index contributed by atoms with van der Waals surface area (Å²) in [5.74, 6) is -0.693. The van der Waals surface area contributed by atoms with E-state index in [2.05, 4.69) is 0 Å². The maximum atomic E-state index is 13.8. The van der Waals surface area contributed by atoms with Crippen LogP contribution in [0.4, 0.5) is 4.39 Å². The summed E-state index contributed by atoms with van der Waals surface area (Å²) in [5.41, 5.74) is 5.93. The molecule has 0 saturated heterocycles. The Bertz CT molecular complexity index is 409. The Kier molecular flexibility index (Phi) is 3.68. The average Bonchev–Trinajstić information content (AvgIpc) is 2.35. The van der Waals surface area contributed by atoms with Gasteiger partial charge in [-0.2, -0.15) is 4.39 Å². The predicted octanol–water partition coefficient (Wildman–Crippen LogP) is 1.58. The van der Waals surface area contributed by atoms with Gasteiger partial charge in [0.15, 0.2) is 11.5 Å². The van der Waals surface area contributed by atoms with Crippen molar-refractivity contribution < 1.29 is 19.0 Å². The van der Waals surface area contributed by atoms with Crippen LogP contribution in [0.15, 0.2) is 6.07 Å². The normalized spacial score (nSPS) is 13.8. The second-order valence-electron chi connectivity index (χ2n) is 3.97. The number of benzene rings is 1. The third-order valence-corrected chi connectivity index (χ3v) is 2.73. The highest BCUT2D eigenvalue weighted by Gasteiger charge is 2.22. The summed E-state index contributed by atoms with van der Waals surface area (Å²) in [6, 6.07) is 1.64. The quantitative estimate of drug-likeness (QED) is 0.785. The van der Waals surface area contributed by atoms with E-state index in [-0.39, 0.29) is 11.5 Å². The summed E-state index contributed by atoms with van der Waals surface area (Å²) >= 11 is 0. The van der Waals surface area contributed by atoms with Crippen molar-refractivity contribution in [2.24, 2.45) is 5.73 Å². The van der Waals surface area contributed by atoms with Gasteiger partial charge in [0, 0.05) is 5.56 Å². The van der Waals surface area contributed by atoms with Crippen LogP contribution >= 0.6 is 0 Å². The molecule has 0 unspecified atom stereocenters. The van der Waals surface area contributed by atoms with Crippen LogP contribution in [-0.4, -0.2) is 24.9 Å². The molecule has 1 heterocycles. The molecule has 0 aliphatic carbocycles. The summed E-state index contributed by atoms with van der Waals surface area (Å²) in [6.45, 7) is 1.29. The van der Waals surface area contributed by atoms with E-state index in [1.807, 2.05) is 0 Å². The highest BCUT2D eigenvalue weighted by molar-refractivity contribution is 5.52. The van der Waals surface area contributed by atoms with Gasteiger partial charge in [-0.3, -0.25) is 0 Å². The summed E-state index contributed by atoms with van der Waals surface area (Å²) in [5, 5.41) is 9.71. The lowest BCUT2D eigenvalue weighted by Gasteiger charge is -2.20. The van der Waals surface area contributed by atoms with Crippen LogP contribution in [0.5, 0.6) is 17.2 Å². The molecule has 1 aromatic carbocycles. The van der Waals surface area contributed by atoms with Crippen molar-refractivity contribution >= 4 is 0 Å². The zero-order chi connectivity index (χ0) is 12.3. The molecule has 17 heavy (non-hydrogen) atoms. The van der Waals surface area contributed by atoms with Crippen LogP contribution in [0.25, 0.3) is 0 Å². The van der Waals surface area contributed by atoms with Gasteiger partial charge in [-0.15, -0.1) is 0 Å². The molecule has 0 bridgehead atoms. The maximum absolute atomic E-state index is 13.8. The number of phenolic OH excluding ortho intramolecular Hbond substituents is 1. The standard InChI is InChI=1S/C12H16FNO3/c13-10-11(15)8(3-1-2-4-14)7-9-12(10)17-6-5-16-9/h7,15H,1-6,14H2. The molecule has 3 N–H and O–H groups in total. The fourth-order valence-corrected chi connectivity index (χ4v) is 1.84. The summed E-state index contributed by atoms with van der Waals surface area (Å²) in [4.78, 5) is 0. The lowest BCUT2D eigenvalue weighted by molar-refractivity contribution is 0.162. The number of phenols is 1. The number of hydrogen-bond donors (Lipinski definition) is 2. The number of rotatable bonds is 4. The van der Waals surface area contributed by atoms with E-state index in [1.54, 1.807) is 6.07 Å². The predicted molar refractivity (Wildman–Crippen MR) is 61.0 cm³/mol. The molecule has 4 nitrogen and oxygen atoms in total. The molecule has 0 aromatic heterocycles. The molecule has 5 heteroatoms. The van der Waals surface area contributed by atoms with Crippen molar-refractivity contribution in [1.82, 2.24) is 0 Å². The first-order valence-corrected chi connectivity index (χ1v) is 5.74. The third kappa shape index (κ3) is 2.44. The molecule has 1 aliphatic rings. The minimum atomic E-state index is -0.732. The second kappa shape index (κ2) is 5.23. The Labute approximate surface area is 99.1 Å². The lowest BCUT2D eigenvalue weighted by atomic mass is 10.1. The van der Waals surface area contributed by atoms with Crippen molar-refractivity contribution in [3.8, 4) is 17.2 Å². The summed E-state index contributed by atoms with van der Waals surface area (Å²) in [6.07, 6.45) is 2.23. The van der Waals surface area contributed by atoms with Gasteiger partial charge in [-0.25, -0.2) is 0 Å². The van der Waals surface area contributed by atoms with Crippen molar-refractivity contribution in [3.63, 3.8) is 0 Å². The van der Waals surface area contributed by atoms with Gasteiger partial charge in [-0.05, 0) is 31.9 Å². The molecule has 2 rings (SSSR count). The van der Waals surface area contributed by atoms with E-state index in [1.165, 1.54) is 0 Å². The average molecular weight is 241 g/mol. The Morgan fingerprint density at radius 3 is 2.82 bits per heavy atom. The highest BCUT2D eigenvalue weighted by Crippen LogP contribution is 2.40. The van der Waals surface area contributed by atoms with Gasteiger partial charge in [0.2, 0.25) is 11.6 Å². The fraction of sp³-hybridized carbons (Fsp3) is 0.500. The van der Waals surface area contributed by atoms with Crippen molar-refractivity contribution in [1.29, 1.82) is 0 Å². The van der Waals surface area contributed by atoms with Gasteiger partial charge in [0.25, 0.3) is 0 Å². The topological polar surface area (TPSA) is 64.7 Å². The maximum Gasteiger partial charge on any atom is 0.210 e. The SMILES string of the molecule is NCCCCc1cc2c(c(F)c1O)OCCO2. The smallest absolute Gasteiger partial charge is 0.210 e. The minimum Gasteiger partial charge on any atom is -0.505 e. The van der Waals surface area contributed by atoms with Gasteiger partial charge < -0.3 is 20.3 Å². The number of aromatic hydroxyl groups is 1. The first-order chi connectivity index (χ1) is 8.24. The molecule has 94 valence electrons. The number of ether oxygens (including phenoxy) is 2. The first kappa shape index (κ1) is 12.0. The molecule has 1 aliphatic heterocycles. The molecule has 0 amide bonds. The zero-order valence-corrected chi connectivity index (χ0v) is 9.54. The molecule has 1 aromatic rings. The first-order valence-electron chi connectivity index (χ1n) is 5.74. The van der Waals surface area contributed by atoms with E-state index in [9.17, 15) is 9.50 Å². The van der Waals surface area contributed by atoms with Gasteiger partial charge >= 0.3 is 0 Å². The summed E-state index contributed by atoms with van der Waals surface area (Å²) < 4.78 is 24.2. The molecule has 0 spiro atoms. The molecule has 0 atom stereocenters. The summed E-state index contributed by atoms with van der Waals surface area (Å²) in [7, 11) is 0. The number of nitrogens with two attached hydrogens (primary N) is 1. The van der Waals surface area contributed by atoms with Crippen LogP contribution in [0.2, 0.25) is 0 Å². The van der Waals surface area contributed by atoms with E-state index in [0.29, 0.717) is 37.5 Å². The number of fused-ring (bicyclic) bond motifs is 1. The van der Waals surface area contributed by atoms with E-state index >= 15 is 0 Å². The Hall–Kier alpha value is -1.49. The minimum absolute atomic E-state index is 0.0105. The van der Waals surface area contributed by atoms with Crippen molar-refractivity contribution in [3.05, 3.63) is 17.4 Å². The van der Waals surface area contributed by atoms with E-state index in [4.69, 9.17) is 15.2 Å². The number of aryl methyl sites for hydroxylation is 1. The monoisotopic (exact) mass is 241 g/mol. The van der Waals surface area contributed by atoms with Crippen LogP contribution in [-0.2, 0) is 6.42 Å². The van der Waals surface area contributed by atoms with Crippen LogP contribution in [0.1, 0.15) is 18.4 Å². The van der Waals surface area contributed by atoms with Crippen LogP contribution in [0, 0.1) is 5.82 Å². The lowest BCUT2D eigenvalue weighted by Crippen LogP contribution is -2.16. The van der Waals surface area contributed by atoms with Crippen molar-refractivity contribution in [2.45, 2.75) is 19.3 Å². The van der Waals surface area contributed by atoms with Crippen LogP contribution in [0.3, 0.4) is 0 Å². The molecule has 0 radical (unpaired) electrons. The number of unbranched alkanes of at least 4 members (excludes halogenated alkanes) is 1. The van der Waals surface area contributed by atoms with E-state index in [0.717, 1.165) is 12.8 Å². The zero-order valence-electron chi connectivity index (χ0n) is 9.54.